The van der Waals surface area contributed by atoms with Crippen LogP contribution in [0.2, 0.25) is 0 Å². The minimum atomic E-state index is -0.0886. The van der Waals surface area contributed by atoms with Crippen molar-refractivity contribution in [1.82, 2.24) is 10.4 Å². The lowest BCUT2D eigenvalue weighted by molar-refractivity contribution is -0.121. The second-order valence-corrected chi connectivity index (χ2v) is 5.17. The number of hydrazone groups is 1. The fourth-order valence-corrected chi connectivity index (χ4v) is 1.90. The zero-order chi connectivity index (χ0) is 15.1. The number of nitrogens with one attached hydrogen (secondary N) is 1. The number of pyridine rings is 1. The molecular weight excluding hydrogens is 262 g/mol. The number of rotatable bonds is 5. The van der Waals surface area contributed by atoms with Crippen LogP contribution in [0.5, 0.6) is 0 Å². The highest BCUT2D eigenvalue weighted by atomic mass is 16.2. The van der Waals surface area contributed by atoms with Gasteiger partial charge >= 0.3 is 0 Å². The van der Waals surface area contributed by atoms with E-state index >= 15 is 0 Å². The van der Waals surface area contributed by atoms with Gasteiger partial charge in [0.05, 0.1) is 5.69 Å². The number of benzene rings is 1. The molecular formula is C17H19N3O. The molecule has 0 aliphatic carbocycles. The average Bonchev–Trinajstić information content (AvgIpc) is 2.49. The first-order valence-electron chi connectivity index (χ1n) is 7.00. The summed E-state index contributed by atoms with van der Waals surface area (Å²) in [6.45, 7) is 4.00. The molecule has 0 radical (unpaired) electrons. The zero-order valence-electron chi connectivity index (χ0n) is 12.3. The molecule has 0 spiro atoms. The second kappa shape index (κ2) is 7.33. The van der Waals surface area contributed by atoms with E-state index in [1.165, 1.54) is 0 Å². The van der Waals surface area contributed by atoms with Crippen LogP contribution in [0.1, 0.15) is 31.5 Å². The van der Waals surface area contributed by atoms with Crippen molar-refractivity contribution in [2.45, 2.75) is 20.3 Å². The van der Waals surface area contributed by atoms with E-state index in [4.69, 9.17) is 0 Å². The van der Waals surface area contributed by atoms with E-state index in [9.17, 15) is 4.79 Å². The predicted octanol–water partition coefficient (Wildman–Crippen LogP) is 3.00. The third kappa shape index (κ3) is 4.53. The summed E-state index contributed by atoms with van der Waals surface area (Å²) in [5, 5.41) is 4.27. The van der Waals surface area contributed by atoms with Crippen LogP contribution in [0.4, 0.5) is 0 Å². The van der Waals surface area contributed by atoms with E-state index in [1.54, 1.807) is 6.20 Å². The highest BCUT2D eigenvalue weighted by Gasteiger charge is 2.09. The Bertz CT molecular complexity index is 565. The number of aromatic nitrogens is 1. The van der Waals surface area contributed by atoms with Crippen LogP contribution in [0.3, 0.4) is 0 Å². The minimum Gasteiger partial charge on any atom is -0.273 e. The van der Waals surface area contributed by atoms with Gasteiger partial charge in [0.25, 0.3) is 0 Å². The molecule has 4 heteroatoms. The fraction of sp³-hybridized carbons (Fsp3) is 0.235. The SMILES string of the molecule is CC(C)CC(=O)NN=C(c1ccccc1)c1ccccn1. The molecule has 1 heterocycles. The van der Waals surface area contributed by atoms with Crippen molar-refractivity contribution in [3.8, 4) is 0 Å². The molecule has 0 atom stereocenters. The molecule has 1 aromatic heterocycles. The molecule has 0 aliphatic heterocycles. The van der Waals surface area contributed by atoms with Crippen molar-refractivity contribution in [2.75, 3.05) is 0 Å². The molecule has 0 unspecified atom stereocenters. The van der Waals surface area contributed by atoms with E-state index in [-0.39, 0.29) is 5.91 Å². The Kier molecular flexibility index (Phi) is 5.21. The van der Waals surface area contributed by atoms with Crippen molar-refractivity contribution in [2.24, 2.45) is 11.0 Å². The Morgan fingerprint density at radius 3 is 2.48 bits per heavy atom. The van der Waals surface area contributed by atoms with E-state index in [0.29, 0.717) is 18.1 Å². The Labute approximate surface area is 124 Å². The van der Waals surface area contributed by atoms with Gasteiger partial charge in [-0.1, -0.05) is 50.2 Å². The number of hydrogen-bond acceptors (Lipinski definition) is 3. The summed E-state index contributed by atoms with van der Waals surface area (Å²) in [6, 6.07) is 15.3. The van der Waals surface area contributed by atoms with E-state index in [0.717, 1.165) is 11.3 Å². The first-order chi connectivity index (χ1) is 10.2. The molecule has 0 bridgehead atoms. The predicted molar refractivity (Wildman–Crippen MR) is 83.9 cm³/mol. The van der Waals surface area contributed by atoms with Crippen LogP contribution < -0.4 is 5.43 Å². The topological polar surface area (TPSA) is 54.4 Å². The first kappa shape index (κ1) is 14.9. The lowest BCUT2D eigenvalue weighted by Crippen LogP contribution is -2.22. The Balaban J connectivity index is 2.27. The summed E-state index contributed by atoms with van der Waals surface area (Å²) in [5.41, 5.74) is 4.93. The van der Waals surface area contributed by atoms with Crippen LogP contribution in [-0.4, -0.2) is 16.6 Å². The highest BCUT2D eigenvalue weighted by Crippen LogP contribution is 2.08. The number of nitrogens with zero attached hydrogens (tertiary/aromatic N) is 2. The van der Waals surface area contributed by atoms with Crippen molar-refractivity contribution >= 4 is 11.6 Å². The molecule has 4 nitrogen and oxygen atoms in total. The fourth-order valence-electron chi connectivity index (χ4n) is 1.90. The molecule has 2 rings (SSSR count). The van der Waals surface area contributed by atoms with Gasteiger partial charge < -0.3 is 0 Å². The maximum Gasteiger partial charge on any atom is 0.240 e. The summed E-state index contributed by atoms with van der Waals surface area (Å²) < 4.78 is 0. The number of carbonyl (C=O) groups is 1. The highest BCUT2D eigenvalue weighted by molar-refractivity contribution is 6.11. The summed E-state index contributed by atoms with van der Waals surface area (Å²) in [7, 11) is 0. The van der Waals surface area contributed by atoms with Gasteiger partial charge in [-0.05, 0) is 18.1 Å². The van der Waals surface area contributed by atoms with Gasteiger partial charge in [0.2, 0.25) is 5.91 Å². The van der Waals surface area contributed by atoms with Gasteiger partial charge in [-0.15, -0.1) is 0 Å². The zero-order valence-corrected chi connectivity index (χ0v) is 12.3. The van der Waals surface area contributed by atoms with Crippen LogP contribution in [-0.2, 0) is 4.79 Å². The summed E-state index contributed by atoms with van der Waals surface area (Å²) in [5.74, 6) is 0.213. The Morgan fingerprint density at radius 2 is 1.86 bits per heavy atom. The Morgan fingerprint density at radius 1 is 1.14 bits per heavy atom. The van der Waals surface area contributed by atoms with Gasteiger partial charge in [-0.3, -0.25) is 9.78 Å². The summed E-state index contributed by atoms with van der Waals surface area (Å²) >= 11 is 0. The molecule has 1 aromatic carbocycles. The van der Waals surface area contributed by atoms with E-state index in [2.05, 4.69) is 15.5 Å². The minimum absolute atomic E-state index is 0.0886. The third-order valence-electron chi connectivity index (χ3n) is 2.84. The molecule has 1 amide bonds. The van der Waals surface area contributed by atoms with E-state index in [1.807, 2.05) is 62.4 Å². The standard InChI is InChI=1S/C17H19N3O/c1-13(2)12-16(21)19-20-17(14-8-4-3-5-9-14)15-10-6-7-11-18-15/h3-11,13H,12H2,1-2H3,(H,19,21). The van der Waals surface area contributed by atoms with Crippen LogP contribution in [0, 0.1) is 5.92 Å². The molecule has 0 saturated heterocycles. The lowest BCUT2D eigenvalue weighted by Gasteiger charge is -2.08. The third-order valence-corrected chi connectivity index (χ3v) is 2.84. The molecule has 21 heavy (non-hydrogen) atoms. The van der Waals surface area contributed by atoms with Crippen molar-refractivity contribution < 1.29 is 4.79 Å². The number of carbonyl (C=O) groups excluding carboxylic acids is 1. The Hall–Kier alpha value is -2.49. The monoisotopic (exact) mass is 281 g/mol. The van der Waals surface area contributed by atoms with Crippen molar-refractivity contribution in [1.29, 1.82) is 0 Å². The summed E-state index contributed by atoms with van der Waals surface area (Å²) in [6.07, 6.45) is 2.16. The average molecular weight is 281 g/mol. The van der Waals surface area contributed by atoms with Crippen molar-refractivity contribution in [3.05, 3.63) is 66.0 Å². The second-order valence-electron chi connectivity index (χ2n) is 5.17. The smallest absolute Gasteiger partial charge is 0.240 e. The summed E-state index contributed by atoms with van der Waals surface area (Å²) in [4.78, 5) is 16.1. The molecule has 108 valence electrons. The number of hydrogen-bond donors (Lipinski definition) is 1. The first-order valence-corrected chi connectivity index (χ1v) is 7.00. The molecule has 0 aliphatic rings. The van der Waals surface area contributed by atoms with Gasteiger partial charge in [-0.2, -0.15) is 5.10 Å². The van der Waals surface area contributed by atoms with Gasteiger partial charge in [0, 0.05) is 18.2 Å². The normalized spacial score (nSPS) is 11.5. The van der Waals surface area contributed by atoms with E-state index < -0.39 is 0 Å². The number of amides is 1. The lowest BCUT2D eigenvalue weighted by atomic mass is 10.1. The van der Waals surface area contributed by atoms with Crippen LogP contribution in [0.15, 0.2) is 59.8 Å². The maximum atomic E-state index is 11.8. The largest absolute Gasteiger partial charge is 0.273 e. The van der Waals surface area contributed by atoms with Crippen LogP contribution >= 0.6 is 0 Å². The van der Waals surface area contributed by atoms with Gasteiger partial charge in [0.1, 0.15) is 5.71 Å². The molecule has 0 saturated carbocycles. The van der Waals surface area contributed by atoms with Gasteiger partial charge in [0.15, 0.2) is 0 Å². The maximum absolute atomic E-state index is 11.8. The quantitative estimate of drug-likeness (QED) is 0.676. The van der Waals surface area contributed by atoms with Crippen LogP contribution in [0.25, 0.3) is 0 Å². The van der Waals surface area contributed by atoms with Gasteiger partial charge in [-0.25, -0.2) is 5.43 Å². The molecule has 0 fully saturated rings. The molecule has 2 aromatic rings. The van der Waals surface area contributed by atoms with Crippen molar-refractivity contribution in [3.63, 3.8) is 0 Å². The molecule has 1 N–H and O–H groups in total.